The summed E-state index contributed by atoms with van der Waals surface area (Å²) >= 11 is 0. The molecule has 0 amide bonds. The van der Waals surface area contributed by atoms with Crippen molar-refractivity contribution in [2.45, 2.75) is 258 Å². The van der Waals surface area contributed by atoms with E-state index < -0.39 is 6.10 Å². The SMILES string of the molecule is CC/C=C\C/C=C\C/C=C\C/C=C\C/C=C\C/C=C\CCCCCCC(=O)OC(COC(=O)CCCCCCC)COC(=O)CCCCCCCCCCCCC/C=C\C/C=C\C/C=C\C/C=C\C/C=C\CC. The van der Waals surface area contributed by atoms with Gasteiger partial charge in [0.1, 0.15) is 13.2 Å². The Morgan fingerprint density at radius 1 is 0.288 bits per heavy atom. The molecule has 0 spiro atoms. The summed E-state index contributed by atoms with van der Waals surface area (Å²) in [6.45, 7) is 6.30. The average molecular weight is 1010 g/mol. The molecule has 0 radical (unpaired) electrons. The Bertz CT molecular complexity index is 1580. The summed E-state index contributed by atoms with van der Waals surface area (Å²) in [7, 11) is 0. The van der Waals surface area contributed by atoms with Crippen molar-refractivity contribution in [2.75, 3.05) is 13.2 Å². The summed E-state index contributed by atoms with van der Waals surface area (Å²) in [5.41, 5.74) is 0. The monoisotopic (exact) mass is 1010 g/mol. The highest BCUT2D eigenvalue weighted by Gasteiger charge is 2.19. The number of hydrogen-bond acceptors (Lipinski definition) is 6. The second kappa shape index (κ2) is 60.1. The minimum Gasteiger partial charge on any atom is -0.462 e. The molecule has 0 aliphatic heterocycles. The molecule has 412 valence electrons. The highest BCUT2D eigenvalue weighted by Crippen LogP contribution is 2.15. The van der Waals surface area contributed by atoms with Crippen molar-refractivity contribution in [3.05, 3.63) is 134 Å². The molecular formula is C67H108O6. The fourth-order valence-corrected chi connectivity index (χ4v) is 7.77. The van der Waals surface area contributed by atoms with E-state index in [4.69, 9.17) is 14.2 Å². The maximum absolute atomic E-state index is 12.8. The highest BCUT2D eigenvalue weighted by atomic mass is 16.6. The lowest BCUT2D eigenvalue weighted by atomic mass is 10.0. The van der Waals surface area contributed by atoms with Crippen LogP contribution in [0.1, 0.15) is 252 Å². The molecule has 0 heterocycles. The Hall–Kier alpha value is -4.45. The van der Waals surface area contributed by atoms with Crippen molar-refractivity contribution in [1.29, 1.82) is 0 Å². The standard InChI is InChI=1S/C67H108O6/c1-4-7-10-13-15-17-19-21-23-25-27-29-31-32-33-34-36-37-39-41-43-45-47-49-51-54-57-60-66(69)72-63-64(62-71-65(68)59-56-53-12-9-6-3)73-67(70)61-58-55-52-50-48-46-44-42-40-38-35-30-28-26-24-22-20-18-16-14-11-8-5-2/h7-8,10-11,15-18,21-24,27-30,32-33,38,40,44,46,64H,4-6,9,12-14,19-20,25-26,31,34-37,39,41-43,45,47-63H2,1-3H3/b10-7-,11-8-,17-15-,18-16-,23-21-,24-22-,29-27-,30-28-,33-32-,40-38-,46-44-. The van der Waals surface area contributed by atoms with Crippen molar-refractivity contribution in [2.24, 2.45) is 0 Å². The van der Waals surface area contributed by atoms with Gasteiger partial charge in [0.25, 0.3) is 0 Å². The van der Waals surface area contributed by atoms with Crippen LogP contribution in [-0.2, 0) is 28.6 Å². The van der Waals surface area contributed by atoms with E-state index in [1.165, 1.54) is 57.8 Å². The first-order valence-corrected chi connectivity index (χ1v) is 29.7. The molecule has 0 saturated heterocycles. The maximum atomic E-state index is 12.8. The highest BCUT2D eigenvalue weighted by molar-refractivity contribution is 5.71. The van der Waals surface area contributed by atoms with E-state index in [9.17, 15) is 14.4 Å². The molecule has 0 aliphatic carbocycles. The lowest BCUT2D eigenvalue weighted by molar-refractivity contribution is -0.167. The molecule has 0 bridgehead atoms. The number of carbonyl (C=O) groups excluding carboxylic acids is 3. The zero-order valence-corrected chi connectivity index (χ0v) is 47.1. The van der Waals surface area contributed by atoms with Crippen LogP contribution >= 0.6 is 0 Å². The molecule has 0 aromatic heterocycles. The first-order valence-electron chi connectivity index (χ1n) is 29.7. The van der Waals surface area contributed by atoms with Gasteiger partial charge in [0, 0.05) is 19.3 Å². The van der Waals surface area contributed by atoms with Gasteiger partial charge in [-0.2, -0.15) is 0 Å². The van der Waals surface area contributed by atoms with Crippen LogP contribution < -0.4 is 0 Å². The average Bonchev–Trinajstić information content (AvgIpc) is 3.39. The van der Waals surface area contributed by atoms with Gasteiger partial charge in [-0.15, -0.1) is 0 Å². The van der Waals surface area contributed by atoms with Crippen molar-refractivity contribution in [3.8, 4) is 0 Å². The lowest BCUT2D eigenvalue weighted by Gasteiger charge is -2.18. The fraction of sp³-hybridized carbons (Fsp3) is 0.627. The van der Waals surface area contributed by atoms with Gasteiger partial charge < -0.3 is 14.2 Å². The van der Waals surface area contributed by atoms with Gasteiger partial charge in [-0.25, -0.2) is 0 Å². The van der Waals surface area contributed by atoms with Crippen LogP contribution in [0.4, 0.5) is 0 Å². The first-order chi connectivity index (χ1) is 36.0. The van der Waals surface area contributed by atoms with Crippen LogP contribution in [0.2, 0.25) is 0 Å². The summed E-state index contributed by atoms with van der Waals surface area (Å²) in [5, 5.41) is 0. The third-order valence-corrected chi connectivity index (χ3v) is 12.2. The number of esters is 3. The van der Waals surface area contributed by atoms with E-state index in [0.29, 0.717) is 19.3 Å². The normalized spacial score (nSPS) is 13.1. The lowest BCUT2D eigenvalue weighted by Crippen LogP contribution is -2.30. The molecule has 1 unspecified atom stereocenters. The number of ether oxygens (including phenoxy) is 3. The quantitative estimate of drug-likeness (QED) is 0.0261. The molecule has 0 aromatic rings. The fourth-order valence-electron chi connectivity index (χ4n) is 7.77. The molecule has 0 saturated carbocycles. The van der Waals surface area contributed by atoms with Gasteiger partial charge >= 0.3 is 17.9 Å². The number of allylic oxidation sites excluding steroid dienone is 22. The maximum Gasteiger partial charge on any atom is 0.306 e. The first kappa shape index (κ1) is 68.6. The second-order valence-corrected chi connectivity index (χ2v) is 19.1. The number of rotatable bonds is 52. The van der Waals surface area contributed by atoms with E-state index in [1.54, 1.807) is 0 Å². The van der Waals surface area contributed by atoms with Crippen LogP contribution in [0.25, 0.3) is 0 Å². The van der Waals surface area contributed by atoms with Gasteiger partial charge in [0.05, 0.1) is 0 Å². The largest absolute Gasteiger partial charge is 0.462 e. The van der Waals surface area contributed by atoms with E-state index in [1.807, 2.05) is 0 Å². The van der Waals surface area contributed by atoms with Gasteiger partial charge in [-0.1, -0.05) is 251 Å². The minimum atomic E-state index is -0.794. The number of unbranched alkanes of at least 4 members (excludes halogenated alkanes) is 19. The molecule has 0 fully saturated rings. The van der Waals surface area contributed by atoms with Gasteiger partial charge in [-0.05, 0) is 116 Å². The topological polar surface area (TPSA) is 78.9 Å². The molecule has 0 aliphatic rings. The Labute approximate surface area is 449 Å². The van der Waals surface area contributed by atoms with E-state index in [2.05, 4.69) is 154 Å². The van der Waals surface area contributed by atoms with Crippen molar-refractivity contribution < 1.29 is 28.6 Å². The predicted octanol–water partition coefficient (Wildman–Crippen LogP) is 20.2. The summed E-state index contributed by atoms with van der Waals surface area (Å²) in [4.78, 5) is 37.9. The molecule has 73 heavy (non-hydrogen) atoms. The molecule has 1 atom stereocenters. The van der Waals surface area contributed by atoms with Crippen LogP contribution in [-0.4, -0.2) is 37.2 Å². The van der Waals surface area contributed by atoms with Gasteiger partial charge in [-0.3, -0.25) is 14.4 Å². The van der Waals surface area contributed by atoms with Crippen LogP contribution in [0.3, 0.4) is 0 Å². The number of carbonyl (C=O) groups is 3. The van der Waals surface area contributed by atoms with Crippen LogP contribution in [0, 0.1) is 0 Å². The summed E-state index contributed by atoms with van der Waals surface area (Å²) in [5.74, 6) is -0.939. The third kappa shape index (κ3) is 58.3. The third-order valence-electron chi connectivity index (χ3n) is 12.2. The van der Waals surface area contributed by atoms with Crippen LogP contribution in [0.5, 0.6) is 0 Å². The molecule has 6 heteroatoms. The Morgan fingerprint density at radius 3 is 0.836 bits per heavy atom. The Kier molecular flexibility index (Phi) is 56.4. The molecule has 0 aromatic carbocycles. The molecule has 0 N–H and O–H groups in total. The second-order valence-electron chi connectivity index (χ2n) is 19.1. The van der Waals surface area contributed by atoms with Gasteiger partial charge in [0.2, 0.25) is 0 Å². The molecular weight excluding hydrogens is 901 g/mol. The zero-order chi connectivity index (χ0) is 52.9. The Balaban J connectivity index is 4.16. The predicted molar refractivity (Wildman–Crippen MR) is 316 cm³/mol. The van der Waals surface area contributed by atoms with Gasteiger partial charge in [0.15, 0.2) is 6.10 Å². The van der Waals surface area contributed by atoms with Crippen molar-refractivity contribution in [1.82, 2.24) is 0 Å². The van der Waals surface area contributed by atoms with E-state index in [0.717, 1.165) is 154 Å². The Morgan fingerprint density at radius 2 is 0.534 bits per heavy atom. The molecule has 6 nitrogen and oxygen atoms in total. The zero-order valence-electron chi connectivity index (χ0n) is 47.1. The smallest absolute Gasteiger partial charge is 0.306 e. The summed E-state index contributed by atoms with van der Waals surface area (Å²) in [6.07, 6.45) is 84.9. The minimum absolute atomic E-state index is 0.0934. The van der Waals surface area contributed by atoms with E-state index >= 15 is 0 Å². The summed E-state index contributed by atoms with van der Waals surface area (Å²) in [6, 6.07) is 0. The molecule has 0 rings (SSSR count). The number of hydrogen-bond donors (Lipinski definition) is 0. The van der Waals surface area contributed by atoms with Crippen LogP contribution in [0.15, 0.2) is 134 Å². The van der Waals surface area contributed by atoms with Crippen molar-refractivity contribution in [3.63, 3.8) is 0 Å². The van der Waals surface area contributed by atoms with E-state index in [-0.39, 0.29) is 31.1 Å². The summed E-state index contributed by atoms with van der Waals surface area (Å²) < 4.78 is 16.7. The van der Waals surface area contributed by atoms with Crippen molar-refractivity contribution >= 4 is 17.9 Å².